The van der Waals surface area contributed by atoms with Gasteiger partial charge in [0.2, 0.25) is 0 Å². The topological polar surface area (TPSA) is 38.3 Å². The Labute approximate surface area is 124 Å². The number of rotatable bonds is 4. The molecule has 0 aliphatic carbocycles. The number of nitrogens with one attached hydrogen (secondary N) is 1. The zero-order valence-corrected chi connectivity index (χ0v) is 12.4. The van der Waals surface area contributed by atoms with Crippen LogP contribution in [0.25, 0.3) is 0 Å². The molecule has 0 amide bonds. The average molecular weight is 338 g/mol. The molecule has 2 aromatic carbocycles. The van der Waals surface area contributed by atoms with E-state index in [2.05, 4.69) is 21.2 Å². The fraction of sp³-hybridized carbons (Fsp3) is 0.133. The quantitative estimate of drug-likeness (QED) is 0.859. The maximum absolute atomic E-state index is 13.0. The van der Waals surface area contributed by atoms with E-state index in [1.807, 2.05) is 24.3 Å². The smallest absolute Gasteiger partial charge is 0.332 e. The lowest BCUT2D eigenvalue weighted by molar-refractivity contribution is -0.141. The molecule has 3 nitrogen and oxygen atoms in total. The summed E-state index contributed by atoms with van der Waals surface area (Å²) in [4.78, 5) is 11.9. The molecule has 0 bridgehead atoms. The van der Waals surface area contributed by atoms with E-state index in [-0.39, 0.29) is 5.82 Å². The van der Waals surface area contributed by atoms with Crippen molar-refractivity contribution in [2.45, 2.75) is 6.04 Å². The van der Waals surface area contributed by atoms with E-state index in [0.29, 0.717) is 5.56 Å². The Balaban J connectivity index is 2.28. The van der Waals surface area contributed by atoms with E-state index in [1.54, 1.807) is 12.1 Å². The number of esters is 1. The molecule has 0 saturated carbocycles. The van der Waals surface area contributed by atoms with Gasteiger partial charge in [0.1, 0.15) is 5.82 Å². The summed E-state index contributed by atoms with van der Waals surface area (Å²) in [6.07, 6.45) is 0. The van der Waals surface area contributed by atoms with E-state index < -0.39 is 12.0 Å². The molecule has 0 aliphatic rings. The number of hydrogen-bond donors (Lipinski definition) is 1. The van der Waals surface area contributed by atoms with Crippen molar-refractivity contribution in [1.29, 1.82) is 0 Å². The van der Waals surface area contributed by atoms with Crippen molar-refractivity contribution in [1.82, 2.24) is 0 Å². The average Bonchev–Trinajstić information content (AvgIpc) is 2.45. The molecule has 2 aromatic rings. The Morgan fingerprint density at radius 3 is 2.55 bits per heavy atom. The minimum absolute atomic E-state index is 0.347. The second-order valence-electron chi connectivity index (χ2n) is 4.16. The van der Waals surface area contributed by atoms with Crippen LogP contribution in [-0.4, -0.2) is 13.1 Å². The first-order chi connectivity index (χ1) is 9.60. The van der Waals surface area contributed by atoms with Crippen LogP contribution in [0, 0.1) is 5.82 Å². The predicted octanol–water partition coefficient (Wildman–Crippen LogP) is 3.91. The van der Waals surface area contributed by atoms with Crippen molar-refractivity contribution in [3.63, 3.8) is 0 Å². The van der Waals surface area contributed by atoms with Gasteiger partial charge in [-0.25, -0.2) is 9.18 Å². The van der Waals surface area contributed by atoms with E-state index in [1.165, 1.54) is 19.2 Å². The van der Waals surface area contributed by atoms with Crippen LogP contribution in [0.15, 0.2) is 53.0 Å². The summed E-state index contributed by atoms with van der Waals surface area (Å²) >= 11 is 3.37. The van der Waals surface area contributed by atoms with Gasteiger partial charge in [-0.2, -0.15) is 0 Å². The van der Waals surface area contributed by atoms with Gasteiger partial charge in [0.15, 0.2) is 6.04 Å². The van der Waals surface area contributed by atoms with Crippen LogP contribution in [0.5, 0.6) is 0 Å². The molecule has 0 heterocycles. The van der Waals surface area contributed by atoms with Crippen LogP contribution in [0.1, 0.15) is 11.6 Å². The summed E-state index contributed by atoms with van der Waals surface area (Å²) in [5, 5.41) is 3.08. The van der Waals surface area contributed by atoms with Crippen molar-refractivity contribution < 1.29 is 13.9 Å². The minimum atomic E-state index is -0.685. The van der Waals surface area contributed by atoms with Crippen LogP contribution in [0.3, 0.4) is 0 Å². The minimum Gasteiger partial charge on any atom is -0.467 e. The Morgan fingerprint density at radius 2 is 1.95 bits per heavy atom. The highest BCUT2D eigenvalue weighted by Gasteiger charge is 2.21. The lowest BCUT2D eigenvalue weighted by Crippen LogP contribution is -2.22. The number of anilines is 1. The summed E-state index contributed by atoms with van der Waals surface area (Å²) < 4.78 is 18.7. The predicted molar refractivity (Wildman–Crippen MR) is 78.9 cm³/mol. The molecule has 0 saturated heterocycles. The van der Waals surface area contributed by atoms with Crippen molar-refractivity contribution in [3.8, 4) is 0 Å². The standard InChI is InChI=1S/C15H13BrFNO2/c1-20-15(19)14(10-5-7-12(17)8-6-10)18-13-4-2-3-11(16)9-13/h2-9,14,18H,1H3. The molecule has 20 heavy (non-hydrogen) atoms. The van der Waals surface area contributed by atoms with E-state index in [0.717, 1.165) is 10.2 Å². The summed E-state index contributed by atoms with van der Waals surface area (Å²) in [6, 6.07) is 12.5. The van der Waals surface area contributed by atoms with Crippen molar-refractivity contribution in [2.75, 3.05) is 12.4 Å². The molecule has 1 atom stereocenters. The van der Waals surface area contributed by atoms with Gasteiger partial charge in [-0.3, -0.25) is 0 Å². The number of hydrogen-bond acceptors (Lipinski definition) is 3. The lowest BCUT2D eigenvalue weighted by Gasteiger charge is -2.18. The van der Waals surface area contributed by atoms with Crippen molar-refractivity contribution >= 4 is 27.6 Å². The van der Waals surface area contributed by atoms with Gasteiger partial charge in [0.25, 0.3) is 0 Å². The second kappa shape index (κ2) is 6.52. The van der Waals surface area contributed by atoms with Crippen LogP contribution < -0.4 is 5.32 Å². The molecule has 0 fully saturated rings. The first-order valence-corrected chi connectivity index (χ1v) is 6.75. The largest absolute Gasteiger partial charge is 0.467 e. The van der Waals surface area contributed by atoms with Crippen LogP contribution >= 0.6 is 15.9 Å². The highest BCUT2D eigenvalue weighted by molar-refractivity contribution is 9.10. The highest BCUT2D eigenvalue weighted by atomic mass is 79.9. The Bertz CT molecular complexity index is 601. The fourth-order valence-corrected chi connectivity index (χ4v) is 2.20. The molecular formula is C15H13BrFNO2. The Morgan fingerprint density at radius 1 is 1.25 bits per heavy atom. The van der Waals surface area contributed by atoms with Crippen LogP contribution in [-0.2, 0) is 9.53 Å². The third kappa shape index (κ3) is 3.57. The van der Waals surface area contributed by atoms with Gasteiger partial charge in [-0.15, -0.1) is 0 Å². The fourth-order valence-electron chi connectivity index (χ4n) is 1.80. The third-order valence-electron chi connectivity index (χ3n) is 2.78. The molecule has 0 aliphatic heterocycles. The van der Waals surface area contributed by atoms with E-state index in [9.17, 15) is 9.18 Å². The molecule has 5 heteroatoms. The molecule has 0 radical (unpaired) electrons. The normalized spacial score (nSPS) is 11.8. The number of carbonyl (C=O) groups excluding carboxylic acids is 1. The molecule has 0 aromatic heterocycles. The SMILES string of the molecule is COC(=O)C(Nc1cccc(Br)c1)c1ccc(F)cc1. The van der Waals surface area contributed by atoms with Gasteiger partial charge in [0.05, 0.1) is 7.11 Å². The Kier molecular flexibility index (Phi) is 4.74. The number of methoxy groups -OCH3 is 1. The summed E-state index contributed by atoms with van der Waals surface area (Å²) in [5.41, 5.74) is 1.40. The first-order valence-electron chi connectivity index (χ1n) is 5.95. The number of ether oxygens (including phenoxy) is 1. The van der Waals surface area contributed by atoms with E-state index >= 15 is 0 Å². The molecule has 1 N–H and O–H groups in total. The Hall–Kier alpha value is -1.88. The van der Waals surface area contributed by atoms with Gasteiger partial charge >= 0.3 is 5.97 Å². The van der Waals surface area contributed by atoms with Crippen LogP contribution in [0.4, 0.5) is 10.1 Å². The van der Waals surface area contributed by atoms with Gasteiger partial charge in [-0.05, 0) is 35.9 Å². The zero-order chi connectivity index (χ0) is 14.5. The molecule has 2 rings (SSSR count). The van der Waals surface area contributed by atoms with Crippen molar-refractivity contribution in [2.24, 2.45) is 0 Å². The van der Waals surface area contributed by atoms with Crippen LogP contribution in [0.2, 0.25) is 0 Å². The molecular weight excluding hydrogens is 325 g/mol. The maximum Gasteiger partial charge on any atom is 0.332 e. The summed E-state index contributed by atoms with van der Waals surface area (Å²) in [7, 11) is 1.32. The second-order valence-corrected chi connectivity index (χ2v) is 5.08. The molecule has 1 unspecified atom stereocenters. The highest BCUT2D eigenvalue weighted by Crippen LogP contribution is 2.23. The number of benzene rings is 2. The summed E-state index contributed by atoms with van der Waals surface area (Å²) in [5.74, 6) is -0.781. The molecule has 104 valence electrons. The third-order valence-corrected chi connectivity index (χ3v) is 3.27. The first kappa shape index (κ1) is 14.5. The van der Waals surface area contributed by atoms with Gasteiger partial charge in [-0.1, -0.05) is 34.1 Å². The molecule has 0 spiro atoms. The zero-order valence-electron chi connectivity index (χ0n) is 10.8. The summed E-state index contributed by atoms with van der Waals surface area (Å²) in [6.45, 7) is 0. The van der Waals surface area contributed by atoms with E-state index in [4.69, 9.17) is 4.74 Å². The number of halogens is 2. The maximum atomic E-state index is 13.0. The monoisotopic (exact) mass is 337 g/mol. The van der Waals surface area contributed by atoms with Crippen molar-refractivity contribution in [3.05, 3.63) is 64.4 Å². The van der Waals surface area contributed by atoms with Gasteiger partial charge < -0.3 is 10.1 Å². The number of carbonyl (C=O) groups is 1. The van der Waals surface area contributed by atoms with Gasteiger partial charge in [0, 0.05) is 10.2 Å². The lowest BCUT2D eigenvalue weighted by atomic mass is 10.1.